The smallest absolute Gasteiger partial charge is 0.284 e. The lowest BCUT2D eigenvalue weighted by Gasteiger charge is -2.13. The third-order valence-corrected chi connectivity index (χ3v) is 5.93. The van der Waals surface area contributed by atoms with Gasteiger partial charge in [0.25, 0.3) is 11.5 Å². The number of aryl methyl sites for hydroxylation is 1. The Morgan fingerprint density at radius 2 is 1.68 bits per heavy atom. The van der Waals surface area contributed by atoms with Crippen LogP contribution in [0.1, 0.15) is 16.1 Å². The first-order valence-corrected chi connectivity index (χ1v) is 11.6. The number of rotatable bonds is 7. The minimum atomic E-state index is -0.708. The molecule has 192 valence electrons. The number of para-hydroxylation sites is 1. The van der Waals surface area contributed by atoms with Crippen LogP contribution < -0.4 is 25.1 Å². The molecule has 10 heteroatoms. The SMILES string of the molecule is COc1cc2nccc(Oc3ccc(NC(=O)c4c(C)[nH]n(-c5ccccc5)c4=O)cc3F)c2cc1OC. The Morgan fingerprint density at radius 3 is 2.39 bits per heavy atom. The van der Waals surface area contributed by atoms with Crippen LogP contribution in [0.15, 0.2) is 77.7 Å². The average molecular weight is 515 g/mol. The van der Waals surface area contributed by atoms with Crippen molar-refractivity contribution in [1.82, 2.24) is 14.8 Å². The molecule has 9 nitrogen and oxygen atoms in total. The van der Waals surface area contributed by atoms with Gasteiger partial charge in [0, 0.05) is 35.1 Å². The van der Waals surface area contributed by atoms with Crippen LogP contribution in [0.4, 0.5) is 10.1 Å². The van der Waals surface area contributed by atoms with E-state index in [1.54, 1.807) is 49.4 Å². The molecule has 0 saturated heterocycles. The van der Waals surface area contributed by atoms with Gasteiger partial charge in [0.2, 0.25) is 0 Å². The molecule has 0 aliphatic heterocycles. The number of nitrogens with zero attached hydrogens (tertiary/aromatic N) is 2. The molecule has 38 heavy (non-hydrogen) atoms. The first-order valence-electron chi connectivity index (χ1n) is 11.6. The highest BCUT2D eigenvalue weighted by Crippen LogP contribution is 2.37. The number of carbonyl (C=O) groups is 1. The molecule has 0 saturated carbocycles. The van der Waals surface area contributed by atoms with E-state index in [0.717, 1.165) is 6.07 Å². The number of hydrogen-bond acceptors (Lipinski definition) is 6. The Hall–Kier alpha value is -5.12. The molecule has 0 aliphatic carbocycles. The summed E-state index contributed by atoms with van der Waals surface area (Å²) >= 11 is 0. The zero-order chi connectivity index (χ0) is 26.8. The van der Waals surface area contributed by atoms with Crippen LogP contribution in [-0.4, -0.2) is 34.9 Å². The second-order valence-electron chi connectivity index (χ2n) is 8.32. The number of pyridine rings is 1. The first kappa shape index (κ1) is 24.6. The van der Waals surface area contributed by atoms with Gasteiger partial charge in [-0.1, -0.05) is 18.2 Å². The number of halogens is 1. The molecule has 5 aromatic rings. The highest BCUT2D eigenvalue weighted by atomic mass is 19.1. The molecule has 1 amide bonds. The molecule has 3 aromatic carbocycles. The highest BCUT2D eigenvalue weighted by Gasteiger charge is 2.20. The van der Waals surface area contributed by atoms with Crippen LogP contribution in [0, 0.1) is 12.7 Å². The molecule has 0 radical (unpaired) electrons. The molecule has 2 heterocycles. The lowest BCUT2D eigenvalue weighted by Crippen LogP contribution is -2.24. The van der Waals surface area contributed by atoms with Crippen LogP contribution in [0.3, 0.4) is 0 Å². The summed E-state index contributed by atoms with van der Waals surface area (Å²) in [7, 11) is 3.04. The fourth-order valence-corrected chi connectivity index (χ4v) is 4.08. The number of aromatic nitrogens is 3. The lowest BCUT2D eigenvalue weighted by atomic mass is 10.1. The third kappa shape index (κ3) is 4.55. The van der Waals surface area contributed by atoms with Gasteiger partial charge in [0.15, 0.2) is 23.1 Å². The van der Waals surface area contributed by atoms with Gasteiger partial charge in [-0.15, -0.1) is 0 Å². The Balaban J connectivity index is 1.39. The van der Waals surface area contributed by atoms with Crippen LogP contribution in [0.5, 0.6) is 23.0 Å². The quantitative estimate of drug-likeness (QED) is 0.308. The summed E-state index contributed by atoms with van der Waals surface area (Å²) in [6.45, 7) is 1.62. The Morgan fingerprint density at radius 1 is 0.947 bits per heavy atom. The maximum absolute atomic E-state index is 15.0. The van der Waals surface area contributed by atoms with Crippen molar-refractivity contribution in [3.8, 4) is 28.7 Å². The summed E-state index contributed by atoms with van der Waals surface area (Å²) in [5.74, 6) is -0.0918. The Kier molecular flexibility index (Phi) is 6.53. The van der Waals surface area contributed by atoms with Gasteiger partial charge in [-0.3, -0.25) is 19.7 Å². The molecular formula is C28H23FN4O5. The second kappa shape index (κ2) is 10.1. The number of fused-ring (bicyclic) bond motifs is 1. The van der Waals surface area contributed by atoms with Gasteiger partial charge in [-0.05, 0) is 43.3 Å². The number of benzene rings is 3. The van der Waals surface area contributed by atoms with Crippen molar-refractivity contribution >= 4 is 22.5 Å². The maximum Gasteiger partial charge on any atom is 0.284 e. The topological polar surface area (TPSA) is 107 Å². The van der Waals surface area contributed by atoms with Crippen molar-refractivity contribution in [3.63, 3.8) is 0 Å². The van der Waals surface area contributed by atoms with E-state index in [4.69, 9.17) is 14.2 Å². The first-order chi connectivity index (χ1) is 18.4. The van der Waals surface area contributed by atoms with E-state index in [2.05, 4.69) is 15.4 Å². The predicted octanol–water partition coefficient (Wildman–Crippen LogP) is 5.22. The van der Waals surface area contributed by atoms with E-state index >= 15 is 4.39 Å². The number of methoxy groups -OCH3 is 2. The minimum absolute atomic E-state index is 0.0606. The fourth-order valence-electron chi connectivity index (χ4n) is 4.08. The zero-order valence-electron chi connectivity index (χ0n) is 20.7. The number of anilines is 1. The van der Waals surface area contributed by atoms with E-state index < -0.39 is 17.3 Å². The molecule has 5 rings (SSSR count). The number of carbonyl (C=O) groups excluding carboxylic acids is 1. The predicted molar refractivity (Wildman–Crippen MR) is 140 cm³/mol. The lowest BCUT2D eigenvalue weighted by molar-refractivity contribution is 0.102. The zero-order valence-corrected chi connectivity index (χ0v) is 20.7. The summed E-state index contributed by atoms with van der Waals surface area (Å²) in [6.07, 6.45) is 1.54. The van der Waals surface area contributed by atoms with Crippen LogP contribution in [0.2, 0.25) is 0 Å². The summed E-state index contributed by atoms with van der Waals surface area (Å²) < 4.78 is 32.8. The number of hydrogen-bond donors (Lipinski definition) is 2. The van der Waals surface area contributed by atoms with Crippen molar-refractivity contribution in [2.45, 2.75) is 6.92 Å². The molecule has 0 unspecified atom stereocenters. The van der Waals surface area contributed by atoms with Gasteiger partial charge >= 0.3 is 0 Å². The van der Waals surface area contributed by atoms with Crippen LogP contribution in [0.25, 0.3) is 16.6 Å². The summed E-state index contributed by atoms with van der Waals surface area (Å²) in [5.41, 5.74) is 1.13. The maximum atomic E-state index is 15.0. The Labute approximate surface area is 216 Å². The second-order valence-corrected chi connectivity index (χ2v) is 8.32. The number of nitrogens with one attached hydrogen (secondary N) is 2. The van der Waals surface area contributed by atoms with Crippen LogP contribution >= 0.6 is 0 Å². The molecule has 0 fully saturated rings. The molecular weight excluding hydrogens is 491 g/mol. The average Bonchev–Trinajstić information content (AvgIpc) is 3.23. The van der Waals surface area contributed by atoms with E-state index in [0.29, 0.717) is 39.5 Å². The number of ether oxygens (including phenoxy) is 3. The van der Waals surface area contributed by atoms with Crippen molar-refractivity contribution in [2.24, 2.45) is 0 Å². The number of aromatic amines is 1. The van der Waals surface area contributed by atoms with E-state index in [1.807, 2.05) is 6.07 Å². The third-order valence-electron chi connectivity index (χ3n) is 5.93. The highest BCUT2D eigenvalue weighted by molar-refractivity contribution is 6.04. The van der Waals surface area contributed by atoms with E-state index in [1.165, 1.54) is 37.2 Å². The van der Waals surface area contributed by atoms with Crippen molar-refractivity contribution < 1.29 is 23.4 Å². The van der Waals surface area contributed by atoms with Gasteiger partial charge in [0.05, 0.1) is 25.4 Å². The molecule has 0 atom stereocenters. The standard InChI is InChI=1S/C28H23FN4O5/c1-16-26(28(35)33(32-16)18-7-5-4-6-8-18)27(34)31-17-9-10-23(20(29)13-17)38-22-11-12-30-21-15-25(37-3)24(36-2)14-19(21)22/h4-15,32H,1-3H3,(H,31,34). The fraction of sp³-hybridized carbons (Fsp3) is 0.107. The van der Waals surface area contributed by atoms with E-state index in [9.17, 15) is 9.59 Å². The summed E-state index contributed by atoms with van der Waals surface area (Å²) in [6, 6.07) is 17.9. The monoisotopic (exact) mass is 514 g/mol. The van der Waals surface area contributed by atoms with Gasteiger partial charge < -0.3 is 19.5 Å². The van der Waals surface area contributed by atoms with Crippen molar-refractivity contribution in [2.75, 3.05) is 19.5 Å². The normalized spacial score (nSPS) is 10.8. The summed E-state index contributed by atoms with van der Waals surface area (Å²) in [4.78, 5) is 30.1. The van der Waals surface area contributed by atoms with Gasteiger partial charge in [-0.2, -0.15) is 0 Å². The van der Waals surface area contributed by atoms with E-state index in [-0.39, 0.29) is 17.0 Å². The van der Waals surface area contributed by atoms with Crippen molar-refractivity contribution in [3.05, 3.63) is 100 Å². The number of amides is 1. The largest absolute Gasteiger partial charge is 0.493 e. The molecule has 0 bridgehead atoms. The van der Waals surface area contributed by atoms with Crippen LogP contribution in [-0.2, 0) is 0 Å². The van der Waals surface area contributed by atoms with Gasteiger partial charge in [0.1, 0.15) is 11.3 Å². The molecule has 2 aromatic heterocycles. The number of H-pyrrole nitrogens is 1. The van der Waals surface area contributed by atoms with Gasteiger partial charge in [-0.25, -0.2) is 9.07 Å². The molecule has 0 spiro atoms. The molecule has 0 aliphatic rings. The summed E-state index contributed by atoms with van der Waals surface area (Å²) in [5, 5.41) is 6.08. The van der Waals surface area contributed by atoms with Crippen molar-refractivity contribution in [1.29, 1.82) is 0 Å². The minimum Gasteiger partial charge on any atom is -0.493 e. The Bertz CT molecular complexity index is 1710. The molecule has 2 N–H and O–H groups in total.